The number of ether oxygens (including phenoxy) is 2. The van der Waals surface area contributed by atoms with Crippen LogP contribution in [0.4, 0.5) is 0 Å². The Bertz CT molecular complexity index is 323. The lowest BCUT2D eigenvalue weighted by Crippen LogP contribution is -2.40. The first-order valence-electron chi connectivity index (χ1n) is 6.02. The van der Waals surface area contributed by atoms with Crippen molar-refractivity contribution < 1.29 is 9.47 Å². The molecular formula is C13H23NO2S. The molecule has 0 aliphatic carbocycles. The molecule has 1 aromatic rings. The normalized spacial score (nSPS) is 15.2. The number of thiophene rings is 1. The minimum atomic E-state index is -0.206. The second-order valence-electron chi connectivity index (χ2n) is 4.17. The van der Waals surface area contributed by atoms with Crippen molar-refractivity contribution >= 4 is 11.3 Å². The number of hydrogen-bond acceptors (Lipinski definition) is 4. The summed E-state index contributed by atoms with van der Waals surface area (Å²) in [5.74, 6) is 0. The van der Waals surface area contributed by atoms with Gasteiger partial charge in [-0.05, 0) is 32.4 Å². The van der Waals surface area contributed by atoms with E-state index >= 15 is 0 Å². The molecule has 0 saturated heterocycles. The van der Waals surface area contributed by atoms with E-state index in [2.05, 4.69) is 38.2 Å². The third-order valence-corrected chi connectivity index (χ3v) is 4.26. The van der Waals surface area contributed by atoms with Crippen LogP contribution in [0.3, 0.4) is 0 Å². The van der Waals surface area contributed by atoms with Crippen LogP contribution in [-0.4, -0.2) is 26.6 Å². The lowest BCUT2D eigenvalue weighted by atomic mass is 10.2. The molecule has 0 aliphatic rings. The second kappa shape index (κ2) is 7.11. The Morgan fingerprint density at radius 3 is 2.35 bits per heavy atom. The average molecular weight is 257 g/mol. The van der Waals surface area contributed by atoms with Crippen LogP contribution in [0.2, 0.25) is 0 Å². The van der Waals surface area contributed by atoms with E-state index in [0.29, 0.717) is 6.04 Å². The highest BCUT2D eigenvalue weighted by atomic mass is 32.1. The van der Waals surface area contributed by atoms with Crippen molar-refractivity contribution in [3.63, 3.8) is 0 Å². The molecule has 1 rings (SSSR count). The van der Waals surface area contributed by atoms with Gasteiger partial charge in [0.2, 0.25) is 0 Å². The lowest BCUT2D eigenvalue weighted by molar-refractivity contribution is -0.120. The van der Waals surface area contributed by atoms with Crippen LogP contribution in [0.1, 0.15) is 36.6 Å². The van der Waals surface area contributed by atoms with Gasteiger partial charge in [-0.15, -0.1) is 11.3 Å². The van der Waals surface area contributed by atoms with Gasteiger partial charge in [0.25, 0.3) is 0 Å². The quantitative estimate of drug-likeness (QED) is 0.762. The van der Waals surface area contributed by atoms with Crippen molar-refractivity contribution in [1.82, 2.24) is 5.32 Å². The molecule has 0 amide bonds. The number of methoxy groups -OCH3 is 2. The molecule has 0 fully saturated rings. The summed E-state index contributed by atoms with van der Waals surface area (Å²) >= 11 is 1.87. The Balaban J connectivity index is 2.56. The maximum Gasteiger partial charge on any atom is 0.171 e. The first-order chi connectivity index (χ1) is 8.12. The zero-order chi connectivity index (χ0) is 12.8. The van der Waals surface area contributed by atoms with Crippen molar-refractivity contribution in [2.24, 2.45) is 0 Å². The highest BCUT2D eigenvalue weighted by Crippen LogP contribution is 2.24. The predicted octanol–water partition coefficient (Wildman–Crippen LogP) is 2.97. The fourth-order valence-corrected chi connectivity index (χ4v) is 2.84. The fourth-order valence-electron chi connectivity index (χ4n) is 1.88. The largest absolute Gasteiger partial charge is 0.354 e. The van der Waals surface area contributed by atoms with Gasteiger partial charge in [-0.3, -0.25) is 0 Å². The van der Waals surface area contributed by atoms with Gasteiger partial charge < -0.3 is 14.8 Å². The minimum absolute atomic E-state index is 0.159. The molecule has 2 unspecified atom stereocenters. The Labute approximate surface area is 108 Å². The summed E-state index contributed by atoms with van der Waals surface area (Å²) in [4.78, 5) is 2.79. The molecule has 0 saturated carbocycles. The van der Waals surface area contributed by atoms with Crippen LogP contribution in [0.5, 0.6) is 0 Å². The molecule has 0 aromatic carbocycles. The van der Waals surface area contributed by atoms with Gasteiger partial charge >= 0.3 is 0 Å². The number of aryl methyl sites for hydroxylation is 1. The maximum atomic E-state index is 5.24. The van der Waals surface area contributed by atoms with Gasteiger partial charge in [-0.1, -0.05) is 6.92 Å². The molecule has 1 heterocycles. The van der Waals surface area contributed by atoms with Gasteiger partial charge in [-0.25, -0.2) is 0 Å². The Morgan fingerprint density at radius 1 is 1.24 bits per heavy atom. The van der Waals surface area contributed by atoms with E-state index < -0.39 is 0 Å². The first-order valence-corrected chi connectivity index (χ1v) is 6.84. The topological polar surface area (TPSA) is 30.5 Å². The van der Waals surface area contributed by atoms with Gasteiger partial charge in [0.1, 0.15) is 0 Å². The van der Waals surface area contributed by atoms with E-state index in [9.17, 15) is 0 Å². The zero-order valence-corrected chi connectivity index (χ0v) is 12.1. The third kappa shape index (κ3) is 4.07. The molecule has 0 spiro atoms. The summed E-state index contributed by atoms with van der Waals surface area (Å²) in [5.41, 5.74) is 0. The third-order valence-electron chi connectivity index (χ3n) is 2.84. The molecule has 0 radical (unpaired) electrons. The van der Waals surface area contributed by atoms with E-state index in [1.807, 2.05) is 11.3 Å². The molecule has 1 aromatic heterocycles. The summed E-state index contributed by atoms with van der Waals surface area (Å²) in [7, 11) is 3.33. The van der Waals surface area contributed by atoms with E-state index in [1.165, 1.54) is 9.75 Å². The first kappa shape index (κ1) is 14.6. The zero-order valence-electron chi connectivity index (χ0n) is 11.3. The van der Waals surface area contributed by atoms with Gasteiger partial charge in [-0.2, -0.15) is 0 Å². The van der Waals surface area contributed by atoms with Crippen LogP contribution in [-0.2, 0) is 15.9 Å². The molecule has 2 atom stereocenters. The summed E-state index contributed by atoms with van der Waals surface area (Å²) in [6.07, 6.45) is 0.897. The van der Waals surface area contributed by atoms with Crippen LogP contribution in [0, 0.1) is 0 Å². The van der Waals surface area contributed by atoms with Gasteiger partial charge in [0, 0.05) is 30.0 Å². The fraction of sp³-hybridized carbons (Fsp3) is 0.692. The highest BCUT2D eigenvalue weighted by molar-refractivity contribution is 7.12. The summed E-state index contributed by atoms with van der Waals surface area (Å²) < 4.78 is 10.5. The van der Waals surface area contributed by atoms with Crippen LogP contribution in [0.15, 0.2) is 12.1 Å². The van der Waals surface area contributed by atoms with E-state index in [4.69, 9.17) is 9.47 Å². The van der Waals surface area contributed by atoms with Crippen LogP contribution < -0.4 is 5.32 Å². The molecule has 0 bridgehead atoms. The van der Waals surface area contributed by atoms with Crippen molar-refractivity contribution in [2.45, 2.75) is 45.6 Å². The van der Waals surface area contributed by atoms with Crippen molar-refractivity contribution in [1.29, 1.82) is 0 Å². The molecule has 17 heavy (non-hydrogen) atoms. The Hall–Kier alpha value is -0.420. The molecule has 3 nitrogen and oxygen atoms in total. The van der Waals surface area contributed by atoms with Gasteiger partial charge in [0.15, 0.2) is 6.29 Å². The summed E-state index contributed by atoms with van der Waals surface area (Å²) in [5, 5.41) is 3.50. The van der Waals surface area contributed by atoms with Crippen molar-refractivity contribution in [2.75, 3.05) is 14.2 Å². The van der Waals surface area contributed by atoms with Gasteiger partial charge in [0.05, 0.1) is 6.04 Å². The number of hydrogen-bond donors (Lipinski definition) is 1. The Kier molecular flexibility index (Phi) is 6.12. The standard InChI is InChI=1S/C13H23NO2S/c1-6-11-7-8-12(17-11)9(2)14-10(3)13(15-4)16-5/h7-10,13-14H,6H2,1-5H3. The van der Waals surface area contributed by atoms with Crippen LogP contribution >= 0.6 is 11.3 Å². The minimum Gasteiger partial charge on any atom is -0.354 e. The van der Waals surface area contributed by atoms with E-state index in [1.54, 1.807) is 14.2 Å². The van der Waals surface area contributed by atoms with Crippen molar-refractivity contribution in [3.8, 4) is 0 Å². The monoisotopic (exact) mass is 257 g/mol. The lowest BCUT2D eigenvalue weighted by Gasteiger charge is -2.25. The molecule has 4 heteroatoms. The molecule has 98 valence electrons. The second-order valence-corrected chi connectivity index (χ2v) is 5.37. The SMILES string of the molecule is CCc1ccc(C(C)NC(C)C(OC)OC)s1. The molecule has 1 N–H and O–H groups in total. The summed E-state index contributed by atoms with van der Waals surface area (Å²) in [6.45, 7) is 6.43. The van der Waals surface area contributed by atoms with E-state index in [0.717, 1.165) is 6.42 Å². The number of rotatable bonds is 7. The maximum absolute atomic E-state index is 5.24. The smallest absolute Gasteiger partial charge is 0.171 e. The van der Waals surface area contributed by atoms with Crippen LogP contribution in [0.25, 0.3) is 0 Å². The average Bonchev–Trinajstić information content (AvgIpc) is 2.79. The van der Waals surface area contributed by atoms with E-state index in [-0.39, 0.29) is 12.3 Å². The van der Waals surface area contributed by atoms with Crippen molar-refractivity contribution in [3.05, 3.63) is 21.9 Å². The molecule has 0 aliphatic heterocycles. The molecular weight excluding hydrogens is 234 g/mol. The number of nitrogens with one attached hydrogen (secondary N) is 1. The predicted molar refractivity (Wildman–Crippen MR) is 72.5 cm³/mol. The highest BCUT2D eigenvalue weighted by Gasteiger charge is 2.19. The summed E-state index contributed by atoms with van der Waals surface area (Å²) in [6, 6.07) is 4.88. The Morgan fingerprint density at radius 2 is 1.88 bits per heavy atom.